The predicted octanol–water partition coefficient (Wildman–Crippen LogP) is 3.56. The van der Waals surface area contributed by atoms with Crippen LogP contribution in [-0.4, -0.2) is 58.6 Å². The number of ether oxygens (including phenoxy) is 3. The summed E-state index contributed by atoms with van der Waals surface area (Å²) in [6.07, 6.45) is 3.26. The molecule has 28 heavy (non-hydrogen) atoms. The summed E-state index contributed by atoms with van der Waals surface area (Å²) in [6.45, 7) is 9.14. The normalized spacial score (nSPS) is 17.7. The molecule has 0 amide bonds. The maximum absolute atomic E-state index is 5.78. The van der Waals surface area contributed by atoms with Gasteiger partial charge < -0.3 is 24.8 Å². The molecule has 0 radical (unpaired) electrons. The van der Waals surface area contributed by atoms with Crippen molar-refractivity contribution >= 4 is 29.9 Å². The van der Waals surface area contributed by atoms with E-state index in [9.17, 15) is 0 Å². The summed E-state index contributed by atoms with van der Waals surface area (Å²) in [4.78, 5) is 4.64. The van der Waals surface area contributed by atoms with Crippen molar-refractivity contribution in [3.63, 3.8) is 0 Å². The SMILES string of the molecule is CCNC(=NCCCOC1CCOC1)NCCC(C)c1ccc(OC)cc1.I. The molecule has 2 N–H and O–H groups in total. The van der Waals surface area contributed by atoms with Crippen LogP contribution in [0.1, 0.15) is 44.6 Å². The van der Waals surface area contributed by atoms with E-state index >= 15 is 0 Å². The van der Waals surface area contributed by atoms with Crippen molar-refractivity contribution < 1.29 is 14.2 Å². The fourth-order valence-corrected chi connectivity index (χ4v) is 3.00. The highest BCUT2D eigenvalue weighted by atomic mass is 127. The van der Waals surface area contributed by atoms with Gasteiger partial charge in [-0.15, -0.1) is 24.0 Å². The Morgan fingerprint density at radius 3 is 2.71 bits per heavy atom. The first kappa shape index (κ1) is 25.0. The van der Waals surface area contributed by atoms with Crippen LogP contribution in [0.4, 0.5) is 0 Å². The molecule has 0 saturated carbocycles. The molecule has 2 rings (SSSR count). The number of halogens is 1. The molecule has 0 bridgehead atoms. The van der Waals surface area contributed by atoms with Crippen LogP contribution in [0.25, 0.3) is 0 Å². The van der Waals surface area contributed by atoms with E-state index in [4.69, 9.17) is 14.2 Å². The fourth-order valence-electron chi connectivity index (χ4n) is 3.00. The number of guanidine groups is 1. The average Bonchev–Trinajstić information content (AvgIpc) is 3.21. The zero-order valence-electron chi connectivity index (χ0n) is 17.4. The topological polar surface area (TPSA) is 64.1 Å². The smallest absolute Gasteiger partial charge is 0.191 e. The number of benzene rings is 1. The average molecular weight is 505 g/mol. The van der Waals surface area contributed by atoms with Crippen LogP contribution < -0.4 is 15.4 Å². The summed E-state index contributed by atoms with van der Waals surface area (Å²) in [5, 5.41) is 6.73. The lowest BCUT2D eigenvalue weighted by atomic mass is 9.98. The maximum atomic E-state index is 5.78. The molecule has 1 saturated heterocycles. The van der Waals surface area contributed by atoms with Gasteiger partial charge >= 0.3 is 0 Å². The van der Waals surface area contributed by atoms with E-state index in [2.05, 4.69) is 41.6 Å². The Hall–Kier alpha value is -1.06. The third-order valence-electron chi connectivity index (χ3n) is 4.71. The largest absolute Gasteiger partial charge is 0.497 e. The van der Waals surface area contributed by atoms with Crippen LogP contribution >= 0.6 is 24.0 Å². The molecule has 7 heteroatoms. The van der Waals surface area contributed by atoms with E-state index in [0.717, 1.165) is 70.4 Å². The van der Waals surface area contributed by atoms with Crippen LogP contribution in [0.5, 0.6) is 5.75 Å². The number of nitrogens with zero attached hydrogens (tertiary/aromatic N) is 1. The van der Waals surface area contributed by atoms with Crippen molar-refractivity contribution in [3.8, 4) is 5.75 Å². The van der Waals surface area contributed by atoms with Gasteiger partial charge in [-0.25, -0.2) is 0 Å². The molecule has 0 aromatic heterocycles. The van der Waals surface area contributed by atoms with Gasteiger partial charge in [0.2, 0.25) is 0 Å². The summed E-state index contributed by atoms with van der Waals surface area (Å²) in [5.41, 5.74) is 1.33. The molecule has 0 aliphatic carbocycles. The minimum atomic E-state index is 0. The molecule has 1 aromatic carbocycles. The van der Waals surface area contributed by atoms with Crippen LogP contribution in [-0.2, 0) is 9.47 Å². The lowest BCUT2D eigenvalue weighted by molar-refractivity contribution is 0.0424. The van der Waals surface area contributed by atoms with E-state index in [0.29, 0.717) is 5.92 Å². The van der Waals surface area contributed by atoms with Crippen LogP contribution in [0.2, 0.25) is 0 Å². The lowest BCUT2D eigenvalue weighted by Crippen LogP contribution is -2.38. The molecule has 1 fully saturated rings. The first-order valence-corrected chi connectivity index (χ1v) is 10.1. The molecule has 2 atom stereocenters. The van der Waals surface area contributed by atoms with Gasteiger partial charge in [0.15, 0.2) is 5.96 Å². The Labute approximate surface area is 186 Å². The monoisotopic (exact) mass is 505 g/mol. The molecule has 1 aliphatic rings. The molecule has 1 heterocycles. The predicted molar refractivity (Wildman–Crippen MR) is 125 cm³/mol. The molecule has 1 aliphatic heterocycles. The summed E-state index contributed by atoms with van der Waals surface area (Å²) in [5.74, 6) is 2.26. The van der Waals surface area contributed by atoms with Gasteiger partial charge in [-0.1, -0.05) is 19.1 Å². The van der Waals surface area contributed by atoms with Crippen molar-refractivity contribution in [2.45, 2.75) is 45.1 Å². The second-order valence-corrected chi connectivity index (χ2v) is 6.86. The zero-order valence-corrected chi connectivity index (χ0v) is 19.7. The standard InChI is InChI=1S/C21H35N3O3.HI/c1-4-22-21(23-12-5-14-27-20-11-15-26-16-20)24-13-10-17(2)18-6-8-19(25-3)9-7-18;/h6-9,17,20H,4-5,10-16H2,1-3H3,(H2,22,23,24);1H. The van der Waals surface area contributed by atoms with Crippen LogP contribution in [0, 0.1) is 0 Å². The number of rotatable bonds is 11. The zero-order chi connectivity index (χ0) is 19.3. The fraction of sp³-hybridized carbons (Fsp3) is 0.667. The summed E-state index contributed by atoms with van der Waals surface area (Å²) in [6, 6.07) is 8.31. The van der Waals surface area contributed by atoms with Gasteiger partial charge in [-0.05, 0) is 49.8 Å². The van der Waals surface area contributed by atoms with E-state index in [-0.39, 0.29) is 30.1 Å². The van der Waals surface area contributed by atoms with Gasteiger partial charge in [-0.3, -0.25) is 4.99 Å². The summed E-state index contributed by atoms with van der Waals surface area (Å²) in [7, 11) is 1.69. The molecule has 1 aromatic rings. The minimum absolute atomic E-state index is 0. The first-order chi connectivity index (χ1) is 13.2. The van der Waals surface area contributed by atoms with E-state index in [1.807, 2.05) is 12.1 Å². The van der Waals surface area contributed by atoms with Gasteiger partial charge in [0.1, 0.15) is 5.75 Å². The highest BCUT2D eigenvalue weighted by molar-refractivity contribution is 14.0. The van der Waals surface area contributed by atoms with Gasteiger partial charge in [-0.2, -0.15) is 0 Å². The van der Waals surface area contributed by atoms with Crippen molar-refractivity contribution in [2.75, 3.05) is 46.6 Å². The van der Waals surface area contributed by atoms with Crippen molar-refractivity contribution in [1.82, 2.24) is 10.6 Å². The molecular formula is C21H36IN3O3. The second-order valence-electron chi connectivity index (χ2n) is 6.86. The highest BCUT2D eigenvalue weighted by Gasteiger charge is 2.15. The van der Waals surface area contributed by atoms with Crippen LogP contribution in [0.3, 0.4) is 0 Å². The first-order valence-electron chi connectivity index (χ1n) is 10.1. The number of aliphatic imine (C=N–C) groups is 1. The number of hydrogen-bond acceptors (Lipinski definition) is 4. The summed E-state index contributed by atoms with van der Waals surface area (Å²) < 4.78 is 16.3. The van der Waals surface area contributed by atoms with E-state index in [1.165, 1.54) is 5.56 Å². The molecule has 2 unspecified atom stereocenters. The van der Waals surface area contributed by atoms with Crippen molar-refractivity contribution in [3.05, 3.63) is 29.8 Å². The quantitative estimate of drug-likeness (QED) is 0.209. The summed E-state index contributed by atoms with van der Waals surface area (Å²) >= 11 is 0. The van der Waals surface area contributed by atoms with Gasteiger partial charge in [0.25, 0.3) is 0 Å². The Kier molecular flexibility index (Phi) is 13.3. The highest BCUT2D eigenvalue weighted by Crippen LogP contribution is 2.21. The minimum Gasteiger partial charge on any atom is -0.497 e. The Bertz CT molecular complexity index is 548. The molecule has 160 valence electrons. The maximum Gasteiger partial charge on any atom is 0.191 e. The third kappa shape index (κ3) is 9.43. The van der Waals surface area contributed by atoms with E-state index in [1.54, 1.807) is 7.11 Å². The Morgan fingerprint density at radius 2 is 2.07 bits per heavy atom. The van der Waals surface area contributed by atoms with Crippen molar-refractivity contribution in [1.29, 1.82) is 0 Å². The van der Waals surface area contributed by atoms with Crippen molar-refractivity contribution in [2.24, 2.45) is 4.99 Å². The third-order valence-corrected chi connectivity index (χ3v) is 4.71. The number of nitrogens with one attached hydrogen (secondary N) is 2. The molecule has 6 nitrogen and oxygen atoms in total. The van der Waals surface area contributed by atoms with E-state index < -0.39 is 0 Å². The van der Waals surface area contributed by atoms with Gasteiger partial charge in [0, 0.05) is 32.8 Å². The molecule has 0 spiro atoms. The Morgan fingerprint density at radius 1 is 1.29 bits per heavy atom. The Balaban J connectivity index is 0.00000392. The van der Waals surface area contributed by atoms with Crippen LogP contribution in [0.15, 0.2) is 29.3 Å². The lowest BCUT2D eigenvalue weighted by Gasteiger charge is -2.15. The molecular weight excluding hydrogens is 469 g/mol. The van der Waals surface area contributed by atoms with Gasteiger partial charge in [0.05, 0.1) is 19.8 Å². The second kappa shape index (κ2) is 14.9. The number of hydrogen-bond donors (Lipinski definition) is 2. The number of methoxy groups -OCH3 is 1.